The van der Waals surface area contributed by atoms with Crippen LogP contribution in [0.25, 0.3) is 10.9 Å². The van der Waals surface area contributed by atoms with E-state index in [4.69, 9.17) is 16.3 Å². The Morgan fingerprint density at radius 2 is 1.96 bits per heavy atom. The van der Waals surface area contributed by atoms with E-state index >= 15 is 0 Å². The summed E-state index contributed by atoms with van der Waals surface area (Å²) in [4.78, 5) is 24.0. The first kappa shape index (κ1) is 17.0. The van der Waals surface area contributed by atoms with Gasteiger partial charge in [-0.25, -0.2) is 4.79 Å². The maximum atomic E-state index is 12.3. The molecule has 0 atom stereocenters. The molecule has 0 aliphatic heterocycles. The highest BCUT2D eigenvalue weighted by atomic mass is 35.5. The van der Waals surface area contributed by atoms with Gasteiger partial charge in [0.2, 0.25) is 5.91 Å². The fourth-order valence-corrected chi connectivity index (χ4v) is 2.77. The van der Waals surface area contributed by atoms with Crippen LogP contribution in [0.5, 0.6) is 0 Å². The van der Waals surface area contributed by atoms with Crippen molar-refractivity contribution < 1.29 is 14.3 Å². The van der Waals surface area contributed by atoms with Crippen molar-refractivity contribution in [2.75, 3.05) is 12.4 Å². The van der Waals surface area contributed by atoms with Crippen LogP contribution < -0.4 is 5.32 Å². The topological polar surface area (TPSA) is 60.3 Å². The molecule has 3 rings (SSSR count). The first-order valence-electron chi connectivity index (χ1n) is 7.71. The van der Waals surface area contributed by atoms with Crippen LogP contribution in [-0.2, 0) is 16.1 Å². The van der Waals surface area contributed by atoms with Crippen molar-refractivity contribution in [2.45, 2.75) is 13.5 Å². The zero-order valence-corrected chi connectivity index (χ0v) is 14.6. The van der Waals surface area contributed by atoms with Gasteiger partial charge in [-0.3, -0.25) is 4.79 Å². The molecule has 25 heavy (non-hydrogen) atoms. The predicted octanol–water partition coefficient (Wildman–Crippen LogP) is 4.03. The fraction of sp³-hybridized carbons (Fsp3) is 0.158. The SMILES string of the molecule is COC(=O)c1ccc2ccn(CC(=O)Nc3ccc(C)c(Cl)c3)c2c1. The van der Waals surface area contributed by atoms with Crippen LogP contribution in [0.1, 0.15) is 15.9 Å². The third-order valence-electron chi connectivity index (χ3n) is 3.96. The minimum Gasteiger partial charge on any atom is -0.465 e. The number of nitrogens with zero attached hydrogens (tertiary/aromatic N) is 1. The van der Waals surface area contributed by atoms with Crippen molar-refractivity contribution in [1.29, 1.82) is 0 Å². The number of aromatic nitrogens is 1. The highest BCUT2D eigenvalue weighted by Crippen LogP contribution is 2.21. The number of aryl methyl sites for hydroxylation is 1. The maximum Gasteiger partial charge on any atom is 0.337 e. The summed E-state index contributed by atoms with van der Waals surface area (Å²) in [5.41, 5.74) is 2.83. The van der Waals surface area contributed by atoms with E-state index in [0.717, 1.165) is 16.5 Å². The van der Waals surface area contributed by atoms with Crippen LogP contribution >= 0.6 is 11.6 Å². The second-order valence-corrected chi connectivity index (χ2v) is 6.13. The molecule has 1 N–H and O–H groups in total. The van der Waals surface area contributed by atoms with E-state index in [1.54, 1.807) is 22.8 Å². The van der Waals surface area contributed by atoms with Crippen molar-refractivity contribution >= 4 is 40.1 Å². The Bertz CT molecular complexity index is 962. The summed E-state index contributed by atoms with van der Waals surface area (Å²) in [7, 11) is 1.34. The predicted molar refractivity (Wildman–Crippen MR) is 98.1 cm³/mol. The van der Waals surface area contributed by atoms with E-state index in [9.17, 15) is 9.59 Å². The quantitative estimate of drug-likeness (QED) is 0.718. The van der Waals surface area contributed by atoms with Gasteiger partial charge in [-0.15, -0.1) is 0 Å². The van der Waals surface area contributed by atoms with Crippen molar-refractivity contribution in [3.05, 3.63) is 64.8 Å². The Kier molecular flexibility index (Phi) is 4.76. The molecule has 0 saturated carbocycles. The molecule has 5 nitrogen and oxygen atoms in total. The Labute approximate surface area is 150 Å². The summed E-state index contributed by atoms with van der Waals surface area (Å²) in [6, 6.07) is 12.5. The molecule has 6 heteroatoms. The van der Waals surface area contributed by atoms with Gasteiger partial charge in [0.25, 0.3) is 0 Å². The summed E-state index contributed by atoms with van der Waals surface area (Å²) in [6.45, 7) is 2.03. The largest absolute Gasteiger partial charge is 0.465 e. The third kappa shape index (κ3) is 3.67. The number of rotatable bonds is 4. The molecule has 0 bridgehead atoms. The summed E-state index contributed by atoms with van der Waals surface area (Å²) in [5, 5.41) is 4.37. The van der Waals surface area contributed by atoms with E-state index in [0.29, 0.717) is 16.3 Å². The molecule has 0 spiro atoms. The number of hydrogen-bond acceptors (Lipinski definition) is 3. The van der Waals surface area contributed by atoms with Crippen molar-refractivity contribution in [3.8, 4) is 0 Å². The van der Waals surface area contributed by atoms with Crippen LogP contribution in [0.15, 0.2) is 48.7 Å². The summed E-state index contributed by atoms with van der Waals surface area (Å²) in [5.74, 6) is -0.589. The zero-order valence-electron chi connectivity index (χ0n) is 13.9. The van der Waals surface area contributed by atoms with Crippen molar-refractivity contribution in [2.24, 2.45) is 0 Å². The van der Waals surface area contributed by atoms with E-state index < -0.39 is 5.97 Å². The average Bonchev–Trinajstić information content (AvgIpc) is 2.99. The van der Waals surface area contributed by atoms with E-state index in [1.165, 1.54) is 7.11 Å². The summed E-state index contributed by atoms with van der Waals surface area (Å²) < 4.78 is 6.53. The summed E-state index contributed by atoms with van der Waals surface area (Å²) >= 11 is 6.08. The van der Waals surface area contributed by atoms with E-state index in [2.05, 4.69) is 5.32 Å². The lowest BCUT2D eigenvalue weighted by Gasteiger charge is -2.09. The van der Waals surface area contributed by atoms with Crippen LogP contribution in [-0.4, -0.2) is 23.6 Å². The Balaban J connectivity index is 1.80. The van der Waals surface area contributed by atoms with Crippen LogP contribution in [0.4, 0.5) is 5.69 Å². The standard InChI is InChI=1S/C19H17ClN2O3/c1-12-3-6-15(10-16(12)20)21-18(23)11-22-8-7-13-4-5-14(9-17(13)22)19(24)25-2/h3-10H,11H2,1-2H3,(H,21,23). The lowest BCUT2D eigenvalue weighted by molar-refractivity contribution is -0.116. The molecule has 1 aromatic heterocycles. The molecule has 128 valence electrons. The number of nitrogens with one attached hydrogen (secondary N) is 1. The maximum absolute atomic E-state index is 12.3. The fourth-order valence-electron chi connectivity index (χ4n) is 2.59. The molecule has 0 unspecified atom stereocenters. The molecule has 0 saturated heterocycles. The number of benzene rings is 2. The van der Waals surface area contributed by atoms with Gasteiger partial charge in [0.1, 0.15) is 6.54 Å². The number of ether oxygens (including phenoxy) is 1. The van der Waals surface area contributed by atoms with Crippen LogP contribution in [0.2, 0.25) is 5.02 Å². The minimum absolute atomic E-state index is 0.125. The first-order chi connectivity index (χ1) is 12.0. The highest BCUT2D eigenvalue weighted by molar-refractivity contribution is 6.31. The van der Waals surface area contributed by atoms with E-state index in [1.807, 2.05) is 37.4 Å². The van der Waals surface area contributed by atoms with Crippen LogP contribution in [0.3, 0.4) is 0 Å². The lowest BCUT2D eigenvalue weighted by atomic mass is 10.1. The number of esters is 1. The molecule has 1 heterocycles. The Hall–Kier alpha value is -2.79. The Morgan fingerprint density at radius 3 is 2.68 bits per heavy atom. The molecule has 0 fully saturated rings. The molecule has 1 amide bonds. The number of amides is 1. The molecular weight excluding hydrogens is 340 g/mol. The summed E-state index contributed by atoms with van der Waals surface area (Å²) in [6.07, 6.45) is 1.81. The minimum atomic E-state index is -0.409. The van der Waals surface area contributed by atoms with E-state index in [-0.39, 0.29) is 12.5 Å². The molecule has 0 radical (unpaired) electrons. The number of fused-ring (bicyclic) bond motifs is 1. The monoisotopic (exact) mass is 356 g/mol. The lowest BCUT2D eigenvalue weighted by Crippen LogP contribution is -2.18. The van der Waals surface area contributed by atoms with Gasteiger partial charge < -0.3 is 14.6 Å². The average molecular weight is 357 g/mol. The zero-order chi connectivity index (χ0) is 18.0. The van der Waals surface area contributed by atoms with Gasteiger partial charge in [-0.1, -0.05) is 23.7 Å². The van der Waals surface area contributed by atoms with Crippen LogP contribution in [0, 0.1) is 6.92 Å². The van der Waals surface area contributed by atoms with Crippen molar-refractivity contribution in [1.82, 2.24) is 4.57 Å². The third-order valence-corrected chi connectivity index (χ3v) is 4.37. The normalized spacial score (nSPS) is 10.7. The van der Waals surface area contributed by atoms with Gasteiger partial charge in [0.15, 0.2) is 0 Å². The molecule has 2 aromatic carbocycles. The number of methoxy groups -OCH3 is 1. The number of carbonyl (C=O) groups is 2. The number of hydrogen-bond donors (Lipinski definition) is 1. The first-order valence-corrected chi connectivity index (χ1v) is 8.09. The number of halogens is 1. The second kappa shape index (κ2) is 6.99. The van der Waals surface area contributed by atoms with Gasteiger partial charge in [0.05, 0.1) is 12.7 Å². The highest BCUT2D eigenvalue weighted by Gasteiger charge is 2.11. The van der Waals surface area contributed by atoms with Gasteiger partial charge >= 0.3 is 5.97 Å². The van der Waals surface area contributed by atoms with Crippen molar-refractivity contribution in [3.63, 3.8) is 0 Å². The molecule has 0 aliphatic carbocycles. The smallest absolute Gasteiger partial charge is 0.337 e. The molecule has 3 aromatic rings. The second-order valence-electron chi connectivity index (χ2n) is 5.72. The molecular formula is C19H17ClN2O3. The molecule has 0 aliphatic rings. The number of anilines is 1. The Morgan fingerprint density at radius 1 is 1.16 bits per heavy atom. The van der Waals surface area contributed by atoms with Gasteiger partial charge in [-0.2, -0.15) is 0 Å². The van der Waals surface area contributed by atoms with Gasteiger partial charge in [0, 0.05) is 22.4 Å². The number of carbonyl (C=O) groups excluding carboxylic acids is 2. The van der Waals surface area contributed by atoms with Gasteiger partial charge in [-0.05, 0) is 48.2 Å².